The van der Waals surface area contributed by atoms with Gasteiger partial charge in [-0.1, -0.05) is 84.9 Å². The Balaban J connectivity index is 3.31. The number of carbonyl (C=O) groups is 3. The third kappa shape index (κ3) is 7.66. The Morgan fingerprint density at radius 3 is 1.86 bits per heavy atom. The molecule has 0 aliphatic heterocycles. The average molecular weight is 501 g/mol. The second-order valence-electron chi connectivity index (χ2n) is 11.9. The molecule has 202 valence electrons. The second-order valence-corrected chi connectivity index (χ2v) is 11.9. The van der Waals surface area contributed by atoms with E-state index in [0.717, 1.165) is 5.56 Å². The highest BCUT2D eigenvalue weighted by Crippen LogP contribution is 2.29. The first-order valence-electron chi connectivity index (χ1n) is 12.7. The fraction of sp³-hybridized carbons (Fsp3) is 0.621. The molecule has 0 aromatic heterocycles. The SMILES string of the molecule is CN[C@H](C(=O)N[C@H](C(=O)N(C)[C@H](/C=C(\C)C(=O)N(C)C)C(C)C)C(C)(C)C)C(C)(C)c1ccccc1. The summed E-state index contributed by atoms with van der Waals surface area (Å²) in [5, 5.41) is 6.23. The molecule has 0 heterocycles. The first kappa shape index (κ1) is 31.4. The number of carbonyl (C=O) groups excluding carboxylic acids is 3. The molecule has 0 aliphatic carbocycles. The summed E-state index contributed by atoms with van der Waals surface area (Å²) >= 11 is 0. The average Bonchev–Trinajstić information content (AvgIpc) is 2.79. The minimum Gasteiger partial charge on any atom is -0.345 e. The van der Waals surface area contributed by atoms with Crippen LogP contribution >= 0.6 is 0 Å². The van der Waals surface area contributed by atoms with Gasteiger partial charge in [0.25, 0.3) is 0 Å². The van der Waals surface area contributed by atoms with Gasteiger partial charge >= 0.3 is 0 Å². The van der Waals surface area contributed by atoms with Gasteiger partial charge in [-0.15, -0.1) is 0 Å². The molecule has 0 unspecified atom stereocenters. The van der Waals surface area contributed by atoms with Gasteiger partial charge in [-0.05, 0) is 30.9 Å². The summed E-state index contributed by atoms with van der Waals surface area (Å²) in [6, 6.07) is 8.28. The third-order valence-corrected chi connectivity index (χ3v) is 6.83. The maximum atomic E-state index is 13.9. The van der Waals surface area contributed by atoms with Crippen molar-refractivity contribution >= 4 is 17.7 Å². The van der Waals surface area contributed by atoms with E-state index in [2.05, 4.69) is 10.6 Å². The summed E-state index contributed by atoms with van der Waals surface area (Å²) in [5.74, 6) is -0.448. The van der Waals surface area contributed by atoms with E-state index in [4.69, 9.17) is 0 Å². The van der Waals surface area contributed by atoms with Crippen molar-refractivity contribution in [3.63, 3.8) is 0 Å². The maximum absolute atomic E-state index is 13.9. The first-order valence-corrected chi connectivity index (χ1v) is 12.7. The van der Waals surface area contributed by atoms with Crippen LogP contribution in [0.3, 0.4) is 0 Å². The predicted octanol–water partition coefficient (Wildman–Crippen LogP) is 3.60. The Labute approximate surface area is 218 Å². The molecule has 3 atom stereocenters. The summed E-state index contributed by atoms with van der Waals surface area (Å²) in [5.41, 5.74) is 0.566. The molecule has 7 heteroatoms. The summed E-state index contributed by atoms with van der Waals surface area (Å²) in [6.07, 6.45) is 1.85. The molecular formula is C29H48N4O3. The highest BCUT2D eigenvalue weighted by Gasteiger charge is 2.41. The van der Waals surface area contributed by atoms with E-state index in [1.807, 2.05) is 84.9 Å². The van der Waals surface area contributed by atoms with Crippen LogP contribution in [0.4, 0.5) is 0 Å². The lowest BCUT2D eigenvalue weighted by atomic mass is 9.76. The van der Waals surface area contributed by atoms with Gasteiger partial charge in [-0.2, -0.15) is 0 Å². The molecule has 0 spiro atoms. The lowest BCUT2D eigenvalue weighted by Crippen LogP contribution is -2.61. The standard InChI is InChI=1S/C29H48N4O3/c1-19(2)22(18-20(3)26(35)32(10)11)33(12)27(36)24(28(4,5)6)31-25(34)23(30-9)29(7,8)21-16-14-13-15-17-21/h13-19,22-24,30H,1-12H3,(H,31,34)/b20-18+/t22-,23-,24-/m1/s1. The molecule has 3 amide bonds. The normalized spacial score (nSPS) is 15.2. The Kier molecular flexibility index (Phi) is 10.9. The van der Waals surface area contributed by atoms with Crippen LogP contribution in [0.2, 0.25) is 0 Å². The topological polar surface area (TPSA) is 81.8 Å². The molecule has 0 aliphatic rings. The second kappa shape index (κ2) is 12.5. The van der Waals surface area contributed by atoms with Gasteiger partial charge in [0.15, 0.2) is 0 Å². The van der Waals surface area contributed by atoms with Crippen LogP contribution in [0.25, 0.3) is 0 Å². The summed E-state index contributed by atoms with van der Waals surface area (Å²) in [6.45, 7) is 15.7. The quantitative estimate of drug-likeness (QED) is 0.481. The van der Waals surface area contributed by atoms with Crippen LogP contribution in [-0.4, -0.2) is 73.8 Å². The van der Waals surface area contributed by atoms with Crippen LogP contribution in [0, 0.1) is 11.3 Å². The number of nitrogens with one attached hydrogen (secondary N) is 2. The van der Waals surface area contributed by atoms with Crippen molar-refractivity contribution < 1.29 is 14.4 Å². The molecule has 1 rings (SSSR count). The van der Waals surface area contributed by atoms with Crippen molar-refractivity contribution in [2.24, 2.45) is 11.3 Å². The van der Waals surface area contributed by atoms with E-state index in [1.54, 1.807) is 40.0 Å². The maximum Gasteiger partial charge on any atom is 0.248 e. The zero-order chi connectivity index (χ0) is 28.0. The fourth-order valence-electron chi connectivity index (χ4n) is 4.51. The van der Waals surface area contributed by atoms with Gasteiger partial charge in [0, 0.05) is 32.1 Å². The van der Waals surface area contributed by atoms with Gasteiger partial charge in [0.2, 0.25) is 17.7 Å². The smallest absolute Gasteiger partial charge is 0.248 e. The molecule has 0 saturated heterocycles. The monoisotopic (exact) mass is 500 g/mol. The van der Waals surface area contributed by atoms with Crippen molar-refractivity contribution in [1.82, 2.24) is 20.4 Å². The third-order valence-electron chi connectivity index (χ3n) is 6.83. The fourth-order valence-corrected chi connectivity index (χ4v) is 4.51. The van der Waals surface area contributed by atoms with E-state index >= 15 is 0 Å². The number of likely N-dealkylation sites (N-methyl/N-ethyl adjacent to an activating group) is 3. The summed E-state index contributed by atoms with van der Waals surface area (Å²) < 4.78 is 0. The lowest BCUT2D eigenvalue weighted by molar-refractivity contribution is -0.141. The van der Waals surface area contributed by atoms with E-state index in [1.165, 1.54) is 4.90 Å². The van der Waals surface area contributed by atoms with Crippen LogP contribution in [0.5, 0.6) is 0 Å². The van der Waals surface area contributed by atoms with Gasteiger partial charge < -0.3 is 20.4 Å². The number of benzene rings is 1. The Bertz CT molecular complexity index is 930. The number of nitrogens with zero attached hydrogens (tertiary/aromatic N) is 2. The summed E-state index contributed by atoms with van der Waals surface area (Å²) in [4.78, 5) is 43.1. The van der Waals surface area contributed by atoms with Crippen molar-refractivity contribution in [2.45, 2.75) is 78.9 Å². The minimum atomic E-state index is -0.753. The highest BCUT2D eigenvalue weighted by molar-refractivity contribution is 5.93. The van der Waals surface area contributed by atoms with E-state index < -0.39 is 22.9 Å². The van der Waals surface area contributed by atoms with E-state index in [9.17, 15) is 14.4 Å². The molecule has 1 aromatic carbocycles. The predicted molar refractivity (Wildman–Crippen MR) is 148 cm³/mol. The number of rotatable bonds is 10. The minimum absolute atomic E-state index is 0.0715. The van der Waals surface area contributed by atoms with Crippen LogP contribution in [0.1, 0.15) is 61.0 Å². The van der Waals surface area contributed by atoms with Crippen LogP contribution in [0.15, 0.2) is 42.0 Å². The Morgan fingerprint density at radius 2 is 1.44 bits per heavy atom. The van der Waals surface area contributed by atoms with Crippen molar-refractivity contribution in [3.8, 4) is 0 Å². The van der Waals surface area contributed by atoms with Gasteiger partial charge in [0.05, 0.1) is 12.1 Å². The molecule has 1 aromatic rings. The molecule has 0 saturated carbocycles. The lowest BCUT2D eigenvalue weighted by Gasteiger charge is -2.40. The van der Waals surface area contributed by atoms with Gasteiger partial charge in [-0.25, -0.2) is 0 Å². The van der Waals surface area contributed by atoms with Crippen molar-refractivity contribution in [1.29, 1.82) is 0 Å². The zero-order valence-corrected chi connectivity index (χ0v) is 24.4. The van der Waals surface area contributed by atoms with Crippen molar-refractivity contribution in [3.05, 3.63) is 47.5 Å². The Morgan fingerprint density at radius 1 is 0.917 bits per heavy atom. The first-order chi connectivity index (χ1) is 16.5. The van der Waals surface area contributed by atoms with Crippen LogP contribution < -0.4 is 10.6 Å². The van der Waals surface area contributed by atoms with E-state index in [-0.39, 0.29) is 29.7 Å². The Hall–Kier alpha value is -2.67. The number of amides is 3. The molecule has 36 heavy (non-hydrogen) atoms. The van der Waals surface area contributed by atoms with Gasteiger partial charge in [-0.3, -0.25) is 14.4 Å². The molecule has 0 bridgehead atoms. The number of hydrogen-bond acceptors (Lipinski definition) is 4. The van der Waals surface area contributed by atoms with Gasteiger partial charge in [0.1, 0.15) is 6.04 Å². The number of hydrogen-bond donors (Lipinski definition) is 2. The molecule has 7 nitrogen and oxygen atoms in total. The molecule has 0 radical (unpaired) electrons. The van der Waals surface area contributed by atoms with Crippen molar-refractivity contribution in [2.75, 3.05) is 28.2 Å². The van der Waals surface area contributed by atoms with E-state index in [0.29, 0.717) is 5.57 Å². The molecule has 2 N–H and O–H groups in total. The summed E-state index contributed by atoms with van der Waals surface area (Å²) in [7, 11) is 6.92. The largest absolute Gasteiger partial charge is 0.345 e. The highest BCUT2D eigenvalue weighted by atomic mass is 16.2. The zero-order valence-electron chi connectivity index (χ0n) is 24.4. The molecular weight excluding hydrogens is 452 g/mol. The molecule has 0 fully saturated rings. The van der Waals surface area contributed by atoms with Crippen LogP contribution in [-0.2, 0) is 19.8 Å².